The lowest BCUT2D eigenvalue weighted by Gasteiger charge is -2.49. The van der Waals surface area contributed by atoms with Gasteiger partial charge in [0.05, 0.1) is 0 Å². The summed E-state index contributed by atoms with van der Waals surface area (Å²) in [6.45, 7) is 5.19. The maximum Gasteiger partial charge on any atom is 0.0330 e. The second-order valence-electron chi connectivity index (χ2n) is 3.19. The molecular weight excluding hydrogens is 130 g/mol. The van der Waals surface area contributed by atoms with Crippen molar-refractivity contribution in [1.82, 2.24) is 4.31 Å². The zero-order valence-electron chi connectivity index (χ0n) is 6.48. The molecule has 0 amide bonds. The van der Waals surface area contributed by atoms with E-state index in [2.05, 4.69) is 29.7 Å². The lowest BCUT2D eigenvalue weighted by Crippen LogP contribution is -2.35. The van der Waals surface area contributed by atoms with Crippen LogP contribution in [0.4, 0.5) is 0 Å². The van der Waals surface area contributed by atoms with Crippen LogP contribution < -0.4 is 0 Å². The van der Waals surface area contributed by atoms with Gasteiger partial charge in [-0.15, -0.1) is 0 Å². The van der Waals surface area contributed by atoms with Gasteiger partial charge in [0, 0.05) is 18.7 Å². The molecule has 0 aromatic rings. The van der Waals surface area contributed by atoms with Crippen LogP contribution in [0, 0.1) is 0 Å². The third-order valence-corrected chi connectivity index (χ3v) is 3.38. The van der Waals surface area contributed by atoms with Gasteiger partial charge in [0.15, 0.2) is 0 Å². The van der Waals surface area contributed by atoms with Crippen molar-refractivity contribution in [3.63, 3.8) is 0 Å². The Bertz CT molecular complexity index is 134. The highest BCUT2D eigenvalue weighted by molar-refractivity contribution is 8.30. The molecule has 0 unspecified atom stereocenters. The van der Waals surface area contributed by atoms with E-state index in [9.17, 15) is 0 Å². The number of hydrogen-bond acceptors (Lipinski definition) is 1. The third-order valence-electron chi connectivity index (χ3n) is 1.62. The van der Waals surface area contributed by atoms with Crippen molar-refractivity contribution in [1.29, 1.82) is 0 Å². The Labute approximate surface area is 59.2 Å². The third kappa shape index (κ3) is 1.23. The topological polar surface area (TPSA) is 3.24 Å². The Morgan fingerprint density at radius 1 is 1.44 bits per heavy atom. The van der Waals surface area contributed by atoms with E-state index in [1.807, 2.05) is 0 Å². The standard InChI is InChI=1S/C7H15NS/c1-7-5-6-8(7)9(2,3)4/h1,5-6H2,2-4H3. The van der Waals surface area contributed by atoms with Crippen LogP contribution in [-0.2, 0) is 0 Å². The summed E-state index contributed by atoms with van der Waals surface area (Å²) in [7, 11) is -0.481. The van der Waals surface area contributed by atoms with E-state index >= 15 is 0 Å². The lowest BCUT2D eigenvalue weighted by atomic mass is 10.2. The number of rotatable bonds is 1. The van der Waals surface area contributed by atoms with Crippen molar-refractivity contribution in [3.05, 3.63) is 12.3 Å². The molecule has 0 bridgehead atoms. The van der Waals surface area contributed by atoms with Crippen molar-refractivity contribution < 1.29 is 0 Å². The molecule has 1 aliphatic rings. The van der Waals surface area contributed by atoms with E-state index in [0.29, 0.717) is 0 Å². The number of nitrogens with zero attached hydrogens (tertiary/aromatic N) is 1. The van der Waals surface area contributed by atoms with Crippen molar-refractivity contribution >= 4 is 10.2 Å². The van der Waals surface area contributed by atoms with E-state index < -0.39 is 10.2 Å². The maximum atomic E-state index is 3.96. The van der Waals surface area contributed by atoms with Crippen molar-refractivity contribution in [3.8, 4) is 0 Å². The first kappa shape index (κ1) is 7.00. The average molecular weight is 145 g/mol. The van der Waals surface area contributed by atoms with Gasteiger partial charge in [0.1, 0.15) is 0 Å². The molecule has 0 spiro atoms. The summed E-state index contributed by atoms with van der Waals surface area (Å²) in [5.41, 5.74) is 1.33. The highest BCUT2D eigenvalue weighted by Gasteiger charge is 2.24. The Hall–Kier alpha value is -0.110. The van der Waals surface area contributed by atoms with Gasteiger partial charge in [-0.05, 0) is 18.8 Å². The Balaban J connectivity index is 2.54. The highest BCUT2D eigenvalue weighted by Crippen LogP contribution is 2.47. The van der Waals surface area contributed by atoms with Gasteiger partial charge in [-0.2, -0.15) is 10.2 Å². The van der Waals surface area contributed by atoms with Crippen molar-refractivity contribution in [2.75, 3.05) is 25.3 Å². The van der Waals surface area contributed by atoms with Crippen LogP contribution in [0.2, 0.25) is 0 Å². The monoisotopic (exact) mass is 145 g/mol. The summed E-state index contributed by atoms with van der Waals surface area (Å²) in [6, 6.07) is 0. The summed E-state index contributed by atoms with van der Waals surface area (Å²) in [4.78, 5) is 0. The quantitative estimate of drug-likeness (QED) is 0.544. The molecule has 1 aliphatic heterocycles. The van der Waals surface area contributed by atoms with Gasteiger partial charge >= 0.3 is 0 Å². The molecule has 1 saturated heterocycles. The molecule has 0 aliphatic carbocycles. The van der Waals surface area contributed by atoms with Gasteiger partial charge in [-0.1, -0.05) is 6.58 Å². The van der Waals surface area contributed by atoms with Gasteiger partial charge in [-0.3, -0.25) is 0 Å². The molecule has 1 nitrogen and oxygen atoms in total. The second kappa shape index (κ2) is 1.94. The maximum absolute atomic E-state index is 3.96. The van der Waals surface area contributed by atoms with Crippen LogP contribution in [0.25, 0.3) is 0 Å². The minimum Gasteiger partial charge on any atom is -0.339 e. The van der Waals surface area contributed by atoms with E-state index in [-0.39, 0.29) is 0 Å². The molecule has 0 atom stereocenters. The fraction of sp³-hybridized carbons (Fsp3) is 0.714. The largest absolute Gasteiger partial charge is 0.339 e. The predicted molar refractivity (Wildman–Crippen MR) is 45.8 cm³/mol. The minimum absolute atomic E-state index is 0.481. The first-order chi connectivity index (χ1) is 4.02. The van der Waals surface area contributed by atoms with Crippen molar-refractivity contribution in [2.45, 2.75) is 6.42 Å². The van der Waals surface area contributed by atoms with Gasteiger partial charge in [0.25, 0.3) is 0 Å². The second-order valence-corrected chi connectivity index (χ2v) is 7.18. The molecule has 1 rings (SSSR count). The Morgan fingerprint density at radius 3 is 2.00 bits per heavy atom. The summed E-state index contributed by atoms with van der Waals surface area (Å²) >= 11 is 0. The fourth-order valence-corrected chi connectivity index (χ4v) is 2.53. The van der Waals surface area contributed by atoms with Crippen LogP contribution in [0.3, 0.4) is 0 Å². The Morgan fingerprint density at radius 2 is 2.00 bits per heavy atom. The molecule has 1 fully saturated rings. The normalized spacial score (nSPS) is 21.7. The van der Waals surface area contributed by atoms with Crippen LogP contribution in [0.5, 0.6) is 0 Å². The predicted octanol–water partition coefficient (Wildman–Crippen LogP) is 1.81. The molecule has 54 valence electrons. The first-order valence-electron chi connectivity index (χ1n) is 3.15. The van der Waals surface area contributed by atoms with Crippen LogP contribution >= 0.6 is 10.2 Å². The molecule has 0 saturated carbocycles. The van der Waals surface area contributed by atoms with E-state index in [4.69, 9.17) is 0 Å². The van der Waals surface area contributed by atoms with E-state index in [0.717, 1.165) is 0 Å². The van der Waals surface area contributed by atoms with E-state index in [1.165, 1.54) is 18.7 Å². The average Bonchev–Trinajstić information content (AvgIpc) is 1.57. The molecule has 0 aromatic carbocycles. The Kier molecular flexibility index (Phi) is 1.51. The molecule has 1 heterocycles. The minimum atomic E-state index is -0.481. The molecular formula is C7H15NS. The van der Waals surface area contributed by atoms with Crippen molar-refractivity contribution in [2.24, 2.45) is 0 Å². The highest BCUT2D eigenvalue weighted by atomic mass is 32.3. The fourth-order valence-electron chi connectivity index (χ4n) is 1.02. The number of hydrogen-bond donors (Lipinski definition) is 0. The molecule has 0 N–H and O–H groups in total. The molecule has 0 radical (unpaired) electrons. The summed E-state index contributed by atoms with van der Waals surface area (Å²) < 4.78 is 2.42. The van der Waals surface area contributed by atoms with Gasteiger partial charge in [0.2, 0.25) is 0 Å². The first-order valence-corrected chi connectivity index (χ1v) is 5.97. The van der Waals surface area contributed by atoms with Crippen LogP contribution in [-0.4, -0.2) is 29.6 Å². The molecule has 2 heteroatoms. The SMILES string of the molecule is C=C1CCN1S(C)(C)C. The van der Waals surface area contributed by atoms with Gasteiger partial charge < -0.3 is 4.31 Å². The lowest BCUT2D eigenvalue weighted by molar-refractivity contribution is 0.434. The summed E-state index contributed by atoms with van der Waals surface area (Å²) in [5, 5.41) is 0. The summed E-state index contributed by atoms with van der Waals surface area (Å²) in [5.74, 6) is 0. The van der Waals surface area contributed by atoms with Gasteiger partial charge in [-0.25, -0.2) is 0 Å². The zero-order valence-corrected chi connectivity index (χ0v) is 7.29. The molecule has 9 heavy (non-hydrogen) atoms. The van der Waals surface area contributed by atoms with E-state index in [1.54, 1.807) is 0 Å². The molecule has 0 aromatic heterocycles. The van der Waals surface area contributed by atoms with Crippen LogP contribution in [0.15, 0.2) is 12.3 Å². The summed E-state index contributed by atoms with van der Waals surface area (Å²) in [6.07, 6.45) is 8.12. The van der Waals surface area contributed by atoms with Crippen LogP contribution in [0.1, 0.15) is 6.42 Å². The zero-order chi connectivity index (χ0) is 7.07. The smallest absolute Gasteiger partial charge is 0.0330 e.